The molecule has 0 amide bonds. The van der Waals surface area contributed by atoms with Gasteiger partial charge in [-0.1, -0.05) is 56.3 Å². The molecule has 0 aliphatic carbocycles. The molecule has 182 valence electrons. The van der Waals surface area contributed by atoms with E-state index in [9.17, 15) is 13.2 Å². The topological polar surface area (TPSA) is 24.4 Å². The van der Waals surface area contributed by atoms with E-state index >= 15 is 0 Å². The number of hydrogen-bond acceptors (Lipinski definition) is 3. The fourth-order valence-electron chi connectivity index (χ4n) is 3.47. The number of thiophene rings is 1. The van der Waals surface area contributed by atoms with Crippen molar-refractivity contribution in [1.82, 2.24) is 5.32 Å². The smallest absolute Gasteiger partial charge is 0.379 e. The first-order valence-electron chi connectivity index (χ1n) is 11.3. The molecule has 2 aromatic rings. The van der Waals surface area contributed by atoms with E-state index in [-0.39, 0.29) is 5.71 Å². The number of nitrogens with one attached hydrogen (secondary N) is 1. The summed E-state index contributed by atoms with van der Waals surface area (Å²) in [5, 5.41) is 5.16. The van der Waals surface area contributed by atoms with Gasteiger partial charge < -0.3 is 5.32 Å². The van der Waals surface area contributed by atoms with Crippen molar-refractivity contribution in [3.05, 3.63) is 99.1 Å². The Balaban J connectivity index is 2.42. The Bertz CT molecular complexity index is 1100. The Kier molecular flexibility index (Phi) is 10.1. The molecule has 1 aromatic heterocycles. The van der Waals surface area contributed by atoms with Crippen LogP contribution in [-0.2, 0) is 13.0 Å². The molecular formula is C28H33F3N2S. The van der Waals surface area contributed by atoms with Crippen molar-refractivity contribution >= 4 is 22.6 Å². The van der Waals surface area contributed by atoms with E-state index in [1.165, 1.54) is 13.0 Å². The van der Waals surface area contributed by atoms with Gasteiger partial charge in [-0.15, -0.1) is 11.3 Å². The summed E-state index contributed by atoms with van der Waals surface area (Å²) in [4.78, 5) is 5.50. The summed E-state index contributed by atoms with van der Waals surface area (Å²) in [5.41, 5.74) is 3.19. The number of hydrogen-bond donors (Lipinski definition) is 1. The second-order valence-corrected chi connectivity index (χ2v) is 9.24. The van der Waals surface area contributed by atoms with Crippen molar-refractivity contribution in [3.63, 3.8) is 0 Å². The molecule has 0 atom stereocenters. The number of aryl methyl sites for hydroxylation is 1. The van der Waals surface area contributed by atoms with Crippen LogP contribution in [0.3, 0.4) is 0 Å². The lowest BCUT2D eigenvalue weighted by Gasteiger charge is -2.16. The van der Waals surface area contributed by atoms with Gasteiger partial charge in [-0.2, -0.15) is 13.2 Å². The van der Waals surface area contributed by atoms with Crippen molar-refractivity contribution in [1.29, 1.82) is 0 Å². The number of nitrogens with zero attached hydrogens (tertiary/aromatic N) is 1. The summed E-state index contributed by atoms with van der Waals surface area (Å²) in [6.45, 7) is 13.4. The average Bonchev–Trinajstić information content (AvgIpc) is 3.29. The summed E-state index contributed by atoms with van der Waals surface area (Å²) in [7, 11) is 0. The molecule has 0 radical (unpaired) electrons. The first-order valence-corrected chi connectivity index (χ1v) is 12.2. The maximum absolute atomic E-state index is 14.1. The molecule has 0 bridgehead atoms. The maximum Gasteiger partial charge on any atom is 0.418 e. The van der Waals surface area contributed by atoms with Crippen LogP contribution in [0.25, 0.3) is 5.57 Å². The van der Waals surface area contributed by atoms with Crippen molar-refractivity contribution in [2.45, 2.75) is 60.2 Å². The molecule has 0 aliphatic heterocycles. The quantitative estimate of drug-likeness (QED) is 0.264. The van der Waals surface area contributed by atoms with Crippen LogP contribution in [0, 0.1) is 0 Å². The van der Waals surface area contributed by atoms with Gasteiger partial charge in [0.05, 0.1) is 22.7 Å². The standard InChI is InChI=1S/C28H33F3N2S/c1-7-11-22-12-9-13-24(16-22)23(8-2)17-26(28(29,30)31)20(5)33-27(19(3)4)21(6)32-18-25-14-10-15-34-25/h8-10,12-17,32H,6-7,11,18H2,1-5H3/b23-8+,26-17+,33-20?. The van der Waals surface area contributed by atoms with Gasteiger partial charge in [0.1, 0.15) is 0 Å². The highest BCUT2D eigenvalue weighted by Gasteiger charge is 2.36. The number of benzene rings is 1. The van der Waals surface area contributed by atoms with Gasteiger partial charge in [0, 0.05) is 11.4 Å². The van der Waals surface area contributed by atoms with Crippen molar-refractivity contribution < 1.29 is 13.2 Å². The Morgan fingerprint density at radius 3 is 2.44 bits per heavy atom. The van der Waals surface area contributed by atoms with Crippen molar-refractivity contribution in [3.8, 4) is 0 Å². The van der Waals surface area contributed by atoms with E-state index in [0.717, 1.165) is 34.4 Å². The first kappa shape index (κ1) is 27.4. The zero-order valence-corrected chi connectivity index (χ0v) is 21.3. The summed E-state index contributed by atoms with van der Waals surface area (Å²) < 4.78 is 42.4. The van der Waals surface area contributed by atoms with Gasteiger partial charge in [0.2, 0.25) is 0 Å². The van der Waals surface area contributed by atoms with Crippen LogP contribution >= 0.6 is 11.3 Å². The van der Waals surface area contributed by atoms with Gasteiger partial charge in [-0.25, -0.2) is 0 Å². The molecule has 1 N–H and O–H groups in total. The number of halogens is 3. The fraction of sp³-hybridized carbons (Fsp3) is 0.321. The molecule has 0 unspecified atom stereocenters. The molecule has 0 fully saturated rings. The summed E-state index contributed by atoms with van der Waals surface area (Å²) in [5.74, 6) is 0. The van der Waals surface area contributed by atoms with Gasteiger partial charge in [-0.05, 0) is 73.9 Å². The number of rotatable bonds is 10. The largest absolute Gasteiger partial charge is 0.418 e. The fourth-order valence-corrected chi connectivity index (χ4v) is 4.12. The normalized spacial score (nSPS) is 13.1. The molecule has 0 aliphatic rings. The minimum absolute atomic E-state index is 0.105. The third-order valence-electron chi connectivity index (χ3n) is 5.20. The highest BCUT2D eigenvalue weighted by molar-refractivity contribution is 7.09. The third-order valence-corrected chi connectivity index (χ3v) is 6.08. The van der Waals surface area contributed by atoms with Crippen LogP contribution in [0.1, 0.15) is 57.0 Å². The summed E-state index contributed by atoms with van der Waals surface area (Å²) in [6.07, 6.45) is 0.189. The van der Waals surface area contributed by atoms with E-state index < -0.39 is 11.7 Å². The minimum Gasteiger partial charge on any atom is -0.379 e. The molecule has 0 saturated heterocycles. The van der Waals surface area contributed by atoms with Gasteiger partial charge in [0.15, 0.2) is 0 Å². The van der Waals surface area contributed by atoms with E-state index in [1.807, 2.05) is 55.6 Å². The second-order valence-electron chi connectivity index (χ2n) is 8.21. The molecule has 0 spiro atoms. The number of alkyl halides is 3. The monoisotopic (exact) mass is 486 g/mol. The summed E-state index contributed by atoms with van der Waals surface area (Å²) >= 11 is 1.60. The van der Waals surface area contributed by atoms with Crippen molar-refractivity contribution in [2.75, 3.05) is 0 Å². The minimum atomic E-state index is -4.55. The van der Waals surface area contributed by atoms with Crippen LogP contribution in [0.2, 0.25) is 0 Å². The van der Waals surface area contributed by atoms with Crippen molar-refractivity contribution in [2.24, 2.45) is 4.99 Å². The molecule has 1 aromatic carbocycles. The first-order chi connectivity index (χ1) is 16.1. The summed E-state index contributed by atoms with van der Waals surface area (Å²) in [6, 6.07) is 11.6. The molecule has 6 heteroatoms. The van der Waals surface area contributed by atoms with Crippen LogP contribution < -0.4 is 5.32 Å². The lowest BCUT2D eigenvalue weighted by atomic mass is 9.97. The molecule has 34 heavy (non-hydrogen) atoms. The average molecular weight is 487 g/mol. The highest BCUT2D eigenvalue weighted by Crippen LogP contribution is 2.31. The van der Waals surface area contributed by atoms with E-state index in [1.54, 1.807) is 24.3 Å². The maximum atomic E-state index is 14.1. The Hall–Kier alpha value is -2.86. The molecule has 2 rings (SSSR count). The zero-order valence-electron chi connectivity index (χ0n) is 20.5. The Morgan fingerprint density at radius 2 is 1.88 bits per heavy atom. The van der Waals surface area contributed by atoms with E-state index in [2.05, 4.69) is 23.8 Å². The van der Waals surface area contributed by atoms with Gasteiger partial charge in [0.25, 0.3) is 0 Å². The lowest BCUT2D eigenvalue weighted by Crippen LogP contribution is -2.20. The third kappa shape index (κ3) is 7.87. The lowest BCUT2D eigenvalue weighted by molar-refractivity contribution is -0.0860. The van der Waals surface area contributed by atoms with Crippen LogP contribution in [0.4, 0.5) is 13.2 Å². The molecule has 2 nitrogen and oxygen atoms in total. The van der Waals surface area contributed by atoms with Crippen LogP contribution in [0.15, 0.2) is 88.0 Å². The second kappa shape index (κ2) is 12.6. The van der Waals surface area contributed by atoms with Gasteiger partial charge in [-0.3, -0.25) is 4.99 Å². The van der Waals surface area contributed by atoms with E-state index in [0.29, 0.717) is 23.5 Å². The molecule has 1 heterocycles. The molecular weight excluding hydrogens is 453 g/mol. The van der Waals surface area contributed by atoms with Crippen LogP contribution in [-0.4, -0.2) is 11.9 Å². The predicted octanol–water partition coefficient (Wildman–Crippen LogP) is 8.65. The van der Waals surface area contributed by atoms with Gasteiger partial charge >= 0.3 is 6.18 Å². The SMILES string of the molecule is C=C(NCc1cccs1)C(N=C(C)/C(=C\C(=C/C)c1cccc(CCC)c1)C(F)(F)F)=C(C)C. The number of aliphatic imine (C=N–C) groups is 1. The Morgan fingerprint density at radius 1 is 1.15 bits per heavy atom. The number of allylic oxidation sites excluding steroid dienone is 5. The van der Waals surface area contributed by atoms with Crippen LogP contribution in [0.5, 0.6) is 0 Å². The molecule has 0 saturated carbocycles. The highest BCUT2D eigenvalue weighted by atomic mass is 32.1. The Labute approximate surface area is 205 Å². The van der Waals surface area contributed by atoms with E-state index in [4.69, 9.17) is 0 Å². The zero-order chi connectivity index (χ0) is 25.3. The predicted molar refractivity (Wildman–Crippen MR) is 140 cm³/mol.